The summed E-state index contributed by atoms with van der Waals surface area (Å²) in [7, 11) is -2.30. The average molecular weight is 370 g/mol. The molecule has 0 saturated carbocycles. The van der Waals surface area contributed by atoms with Crippen LogP contribution in [0.1, 0.15) is 0 Å². The van der Waals surface area contributed by atoms with E-state index in [1.54, 1.807) is 23.1 Å². The first-order valence-corrected chi connectivity index (χ1v) is 9.52. The highest BCUT2D eigenvalue weighted by Crippen LogP contribution is 2.29. The molecule has 2 aliphatic heterocycles. The number of nitrogens with zero attached hydrogens (tertiary/aromatic N) is 2. The number of sulfonamides is 1. The minimum Gasteiger partial charge on any atom is -0.495 e. The second-order valence-electron chi connectivity index (χ2n) is 6.35. The summed E-state index contributed by atoms with van der Waals surface area (Å²) in [5.41, 5.74) is 0. The molecule has 1 aromatic carbocycles. The second kappa shape index (κ2) is 7.28. The molecule has 2 bridgehead atoms. The number of methoxy groups -OCH3 is 1. The Labute approximate surface area is 147 Å². The van der Waals surface area contributed by atoms with E-state index in [0.29, 0.717) is 32.1 Å². The Morgan fingerprint density at radius 1 is 1.28 bits per heavy atom. The maximum Gasteiger partial charge on any atom is 0.317 e. The van der Waals surface area contributed by atoms with Crippen molar-refractivity contribution in [3.05, 3.63) is 24.3 Å². The molecule has 2 saturated heterocycles. The molecule has 0 unspecified atom stereocenters. The van der Waals surface area contributed by atoms with Gasteiger partial charge in [0.15, 0.2) is 0 Å². The third kappa shape index (κ3) is 3.79. The standard InChI is InChI=1S/C16H22N2O6S/c1-23-14-4-2-3-5-15(14)25(21,22)18-7-12-6-17(9-16(19)20)13(8-18)11-24-10-12/h2-5,12-13H,6-11H2,1H3,(H,19,20)/t12-,13+/m1/s1. The molecule has 138 valence electrons. The number of hydrogen-bond acceptors (Lipinski definition) is 6. The Bertz CT molecular complexity index is 738. The highest BCUT2D eigenvalue weighted by Gasteiger charge is 2.39. The summed E-state index contributed by atoms with van der Waals surface area (Å²) in [6.07, 6.45) is 0. The molecule has 0 aliphatic carbocycles. The number of aliphatic carboxylic acids is 1. The van der Waals surface area contributed by atoms with Crippen molar-refractivity contribution in [3.8, 4) is 5.75 Å². The highest BCUT2D eigenvalue weighted by molar-refractivity contribution is 7.89. The molecule has 9 heteroatoms. The van der Waals surface area contributed by atoms with Crippen molar-refractivity contribution in [2.75, 3.05) is 46.5 Å². The van der Waals surface area contributed by atoms with E-state index >= 15 is 0 Å². The van der Waals surface area contributed by atoms with E-state index in [2.05, 4.69) is 0 Å². The number of carboxylic acids is 1. The van der Waals surface area contributed by atoms with E-state index in [1.165, 1.54) is 17.5 Å². The van der Waals surface area contributed by atoms with E-state index in [0.717, 1.165) is 0 Å². The van der Waals surface area contributed by atoms with E-state index in [1.807, 2.05) is 0 Å². The molecular weight excluding hydrogens is 348 g/mol. The summed E-state index contributed by atoms with van der Waals surface area (Å²) < 4.78 is 38.5. The van der Waals surface area contributed by atoms with Gasteiger partial charge in [0.1, 0.15) is 10.6 Å². The maximum absolute atomic E-state index is 13.2. The van der Waals surface area contributed by atoms with Crippen molar-refractivity contribution >= 4 is 16.0 Å². The molecule has 1 N–H and O–H groups in total. The quantitative estimate of drug-likeness (QED) is 0.785. The van der Waals surface area contributed by atoms with Gasteiger partial charge in [-0.2, -0.15) is 4.31 Å². The van der Waals surface area contributed by atoms with Crippen LogP contribution < -0.4 is 4.74 Å². The van der Waals surface area contributed by atoms with Crippen LogP contribution in [-0.4, -0.2) is 81.2 Å². The third-order valence-electron chi connectivity index (χ3n) is 4.57. The molecule has 0 radical (unpaired) electrons. The fourth-order valence-corrected chi connectivity index (χ4v) is 5.13. The highest BCUT2D eigenvalue weighted by atomic mass is 32.2. The van der Waals surface area contributed by atoms with Crippen LogP contribution in [0.2, 0.25) is 0 Å². The largest absolute Gasteiger partial charge is 0.495 e. The zero-order chi connectivity index (χ0) is 18.0. The average Bonchev–Trinajstić information content (AvgIpc) is 2.84. The molecule has 2 heterocycles. The van der Waals surface area contributed by atoms with Crippen molar-refractivity contribution in [2.24, 2.45) is 5.92 Å². The van der Waals surface area contributed by atoms with Gasteiger partial charge >= 0.3 is 5.97 Å². The number of hydrogen-bond donors (Lipinski definition) is 1. The second-order valence-corrected chi connectivity index (χ2v) is 8.26. The van der Waals surface area contributed by atoms with Gasteiger partial charge < -0.3 is 14.6 Å². The number of carbonyl (C=O) groups is 1. The lowest BCUT2D eigenvalue weighted by molar-refractivity contribution is -0.139. The van der Waals surface area contributed by atoms with Crippen LogP contribution in [0, 0.1) is 5.92 Å². The lowest BCUT2D eigenvalue weighted by Gasteiger charge is -2.30. The van der Waals surface area contributed by atoms with Crippen LogP contribution in [0.5, 0.6) is 5.75 Å². The van der Waals surface area contributed by atoms with Gasteiger partial charge in [-0.1, -0.05) is 12.1 Å². The summed E-state index contributed by atoms with van der Waals surface area (Å²) in [6.45, 7) is 1.63. The smallest absolute Gasteiger partial charge is 0.317 e. The first-order chi connectivity index (χ1) is 11.9. The van der Waals surface area contributed by atoms with Crippen LogP contribution in [0.4, 0.5) is 0 Å². The predicted octanol–water partition coefficient (Wildman–Crippen LogP) is 0.101. The Balaban J connectivity index is 1.91. The van der Waals surface area contributed by atoms with Crippen molar-refractivity contribution in [1.29, 1.82) is 0 Å². The van der Waals surface area contributed by atoms with Crippen LogP contribution in [0.3, 0.4) is 0 Å². The summed E-state index contributed by atoms with van der Waals surface area (Å²) in [6, 6.07) is 6.24. The molecule has 0 amide bonds. The minimum absolute atomic E-state index is 0.0728. The number of benzene rings is 1. The molecule has 2 atom stereocenters. The number of para-hydroxylation sites is 1. The predicted molar refractivity (Wildman–Crippen MR) is 89.1 cm³/mol. The summed E-state index contributed by atoms with van der Waals surface area (Å²) in [5.74, 6) is -0.696. The fraction of sp³-hybridized carbons (Fsp3) is 0.562. The van der Waals surface area contributed by atoms with Crippen molar-refractivity contribution < 1.29 is 27.8 Å². The Hall–Kier alpha value is -1.68. The van der Waals surface area contributed by atoms with Crippen molar-refractivity contribution in [3.63, 3.8) is 0 Å². The molecule has 2 aliphatic rings. The van der Waals surface area contributed by atoms with Crippen LogP contribution >= 0.6 is 0 Å². The first-order valence-electron chi connectivity index (χ1n) is 8.08. The minimum atomic E-state index is -3.74. The van der Waals surface area contributed by atoms with E-state index in [9.17, 15) is 13.2 Å². The van der Waals surface area contributed by atoms with Gasteiger partial charge in [-0.15, -0.1) is 0 Å². The number of ether oxygens (including phenoxy) is 2. The Kier molecular flexibility index (Phi) is 5.28. The zero-order valence-corrected chi connectivity index (χ0v) is 14.8. The Morgan fingerprint density at radius 2 is 2.04 bits per heavy atom. The molecule has 0 spiro atoms. The van der Waals surface area contributed by atoms with E-state index in [4.69, 9.17) is 14.6 Å². The van der Waals surface area contributed by atoms with E-state index < -0.39 is 16.0 Å². The normalized spacial score (nSPS) is 25.3. The van der Waals surface area contributed by atoms with Gasteiger partial charge in [0, 0.05) is 31.6 Å². The SMILES string of the molecule is COc1ccccc1S(=O)(=O)N1C[C@@H]2COC[C@H](C1)N(CC(=O)O)C2. The maximum atomic E-state index is 13.2. The fourth-order valence-electron chi connectivity index (χ4n) is 3.42. The Morgan fingerprint density at radius 3 is 2.76 bits per heavy atom. The van der Waals surface area contributed by atoms with Crippen LogP contribution in [-0.2, 0) is 19.6 Å². The third-order valence-corrected chi connectivity index (χ3v) is 6.45. The van der Waals surface area contributed by atoms with Crippen molar-refractivity contribution in [1.82, 2.24) is 9.21 Å². The number of carboxylic acid groups (broad SMARTS) is 1. The lowest BCUT2D eigenvalue weighted by Crippen LogP contribution is -2.47. The summed E-state index contributed by atoms with van der Waals surface area (Å²) >= 11 is 0. The molecule has 25 heavy (non-hydrogen) atoms. The van der Waals surface area contributed by atoms with Gasteiger partial charge in [-0.25, -0.2) is 8.42 Å². The molecular formula is C16H22N2O6S. The molecule has 2 fully saturated rings. The topological polar surface area (TPSA) is 96.4 Å². The van der Waals surface area contributed by atoms with Crippen molar-refractivity contribution in [2.45, 2.75) is 10.9 Å². The van der Waals surface area contributed by atoms with Crippen LogP contribution in [0.15, 0.2) is 29.2 Å². The van der Waals surface area contributed by atoms with Gasteiger partial charge in [-0.05, 0) is 12.1 Å². The summed E-state index contributed by atoms with van der Waals surface area (Å²) in [5, 5.41) is 9.12. The van der Waals surface area contributed by atoms with Gasteiger partial charge in [0.05, 0.1) is 26.9 Å². The first kappa shape index (κ1) is 18.1. The molecule has 0 aromatic heterocycles. The van der Waals surface area contributed by atoms with Gasteiger partial charge in [0.25, 0.3) is 0 Å². The molecule has 3 rings (SSSR count). The van der Waals surface area contributed by atoms with Gasteiger partial charge in [-0.3, -0.25) is 9.69 Å². The number of rotatable bonds is 5. The van der Waals surface area contributed by atoms with Gasteiger partial charge in [0.2, 0.25) is 10.0 Å². The summed E-state index contributed by atoms with van der Waals surface area (Å²) in [4.78, 5) is 13.1. The monoisotopic (exact) mass is 370 g/mol. The van der Waals surface area contributed by atoms with Crippen LogP contribution in [0.25, 0.3) is 0 Å². The molecule has 1 aromatic rings. The zero-order valence-electron chi connectivity index (χ0n) is 14.0. The molecule has 8 nitrogen and oxygen atoms in total. The number of fused-ring (bicyclic) bond motifs is 3. The lowest BCUT2D eigenvalue weighted by atomic mass is 10.1. The van der Waals surface area contributed by atoms with E-state index in [-0.39, 0.29) is 29.9 Å².